The second kappa shape index (κ2) is 8.61. The molecule has 2 fully saturated rings. The Morgan fingerprint density at radius 1 is 1.14 bits per heavy atom. The fourth-order valence-corrected chi connectivity index (χ4v) is 5.16. The molecule has 0 bridgehead atoms. The first kappa shape index (κ1) is 20.0. The van der Waals surface area contributed by atoms with E-state index in [0.29, 0.717) is 6.54 Å². The molecular formula is C22H32N4O3. The van der Waals surface area contributed by atoms with Gasteiger partial charge < -0.3 is 25.5 Å². The van der Waals surface area contributed by atoms with Crippen molar-refractivity contribution in [2.45, 2.75) is 44.7 Å². The van der Waals surface area contributed by atoms with Crippen LogP contribution in [-0.2, 0) is 16.1 Å². The third-order valence-corrected chi connectivity index (χ3v) is 6.83. The van der Waals surface area contributed by atoms with E-state index in [1.165, 1.54) is 31.4 Å². The number of nitrogens with zero attached hydrogens (tertiary/aromatic N) is 2. The van der Waals surface area contributed by atoms with Crippen LogP contribution in [-0.4, -0.2) is 61.2 Å². The molecule has 7 nitrogen and oxygen atoms in total. The second-order valence-corrected chi connectivity index (χ2v) is 8.74. The SMILES string of the molecule is CN1Cc2cc(N3CCC(C4CCNCC4)CC3)ccc2N[C@H](CC(=O)O)C1=O. The summed E-state index contributed by atoms with van der Waals surface area (Å²) in [5.74, 6) is 0.575. The number of piperidine rings is 2. The number of hydrogen-bond acceptors (Lipinski definition) is 5. The minimum Gasteiger partial charge on any atom is -0.481 e. The fourth-order valence-electron chi connectivity index (χ4n) is 5.16. The highest BCUT2D eigenvalue weighted by Gasteiger charge is 2.30. The van der Waals surface area contributed by atoms with E-state index in [1.807, 2.05) is 6.07 Å². The summed E-state index contributed by atoms with van der Waals surface area (Å²) < 4.78 is 0. The molecule has 2 saturated heterocycles. The summed E-state index contributed by atoms with van der Waals surface area (Å²) in [5, 5.41) is 15.7. The zero-order valence-electron chi connectivity index (χ0n) is 17.2. The molecule has 3 N–H and O–H groups in total. The smallest absolute Gasteiger partial charge is 0.305 e. The predicted octanol–water partition coefficient (Wildman–Crippen LogP) is 2.13. The number of aliphatic carboxylic acids is 1. The molecule has 3 heterocycles. The molecule has 0 unspecified atom stereocenters. The fraction of sp³-hybridized carbons (Fsp3) is 0.636. The predicted molar refractivity (Wildman–Crippen MR) is 113 cm³/mol. The van der Waals surface area contributed by atoms with E-state index >= 15 is 0 Å². The number of fused-ring (bicyclic) bond motifs is 1. The maximum absolute atomic E-state index is 12.5. The summed E-state index contributed by atoms with van der Waals surface area (Å²) >= 11 is 0. The lowest BCUT2D eigenvalue weighted by Crippen LogP contribution is -2.39. The molecule has 0 aliphatic carbocycles. The first-order valence-corrected chi connectivity index (χ1v) is 10.8. The molecule has 1 atom stereocenters. The van der Waals surface area contributed by atoms with Crippen LogP contribution in [0, 0.1) is 11.8 Å². The summed E-state index contributed by atoms with van der Waals surface area (Å²) in [6.07, 6.45) is 4.91. The van der Waals surface area contributed by atoms with Crippen LogP contribution in [0.25, 0.3) is 0 Å². The molecule has 1 amide bonds. The summed E-state index contributed by atoms with van der Waals surface area (Å²) in [7, 11) is 1.74. The van der Waals surface area contributed by atoms with E-state index in [1.54, 1.807) is 11.9 Å². The van der Waals surface area contributed by atoms with E-state index in [9.17, 15) is 9.59 Å². The Hall–Kier alpha value is -2.28. The molecule has 1 aromatic rings. The van der Waals surface area contributed by atoms with Gasteiger partial charge >= 0.3 is 5.97 Å². The highest BCUT2D eigenvalue weighted by Crippen LogP contribution is 2.34. The quantitative estimate of drug-likeness (QED) is 0.718. The van der Waals surface area contributed by atoms with Crippen LogP contribution in [0.2, 0.25) is 0 Å². The van der Waals surface area contributed by atoms with Gasteiger partial charge in [-0.1, -0.05) is 0 Å². The van der Waals surface area contributed by atoms with Gasteiger partial charge in [-0.15, -0.1) is 0 Å². The Balaban J connectivity index is 1.44. The van der Waals surface area contributed by atoms with Crippen molar-refractivity contribution in [2.75, 3.05) is 43.4 Å². The molecular weight excluding hydrogens is 368 g/mol. The van der Waals surface area contributed by atoms with Gasteiger partial charge in [0.2, 0.25) is 5.91 Å². The summed E-state index contributed by atoms with van der Waals surface area (Å²) in [6.45, 7) is 4.99. The van der Waals surface area contributed by atoms with Crippen LogP contribution in [0.5, 0.6) is 0 Å². The third-order valence-electron chi connectivity index (χ3n) is 6.83. The van der Waals surface area contributed by atoms with Crippen molar-refractivity contribution in [3.63, 3.8) is 0 Å². The van der Waals surface area contributed by atoms with Gasteiger partial charge in [-0.2, -0.15) is 0 Å². The number of anilines is 2. The number of likely N-dealkylation sites (N-methyl/N-ethyl adjacent to an activating group) is 1. The van der Waals surface area contributed by atoms with E-state index in [-0.39, 0.29) is 12.3 Å². The maximum Gasteiger partial charge on any atom is 0.305 e. The van der Waals surface area contributed by atoms with Crippen LogP contribution in [0.3, 0.4) is 0 Å². The van der Waals surface area contributed by atoms with Gasteiger partial charge in [0.25, 0.3) is 0 Å². The number of carboxylic acid groups (broad SMARTS) is 1. The zero-order valence-corrected chi connectivity index (χ0v) is 17.2. The Labute approximate surface area is 172 Å². The number of nitrogens with one attached hydrogen (secondary N) is 2. The number of carbonyl (C=O) groups excluding carboxylic acids is 1. The highest BCUT2D eigenvalue weighted by atomic mass is 16.4. The first-order valence-electron chi connectivity index (χ1n) is 10.8. The number of hydrogen-bond donors (Lipinski definition) is 3. The zero-order chi connectivity index (χ0) is 20.4. The minimum atomic E-state index is -0.971. The van der Waals surface area contributed by atoms with Crippen molar-refractivity contribution in [3.05, 3.63) is 23.8 Å². The van der Waals surface area contributed by atoms with Crippen LogP contribution in [0.15, 0.2) is 18.2 Å². The van der Waals surface area contributed by atoms with Crippen LogP contribution >= 0.6 is 0 Å². The number of amides is 1. The lowest BCUT2D eigenvalue weighted by atomic mass is 9.79. The average molecular weight is 401 g/mol. The van der Waals surface area contributed by atoms with Gasteiger partial charge in [-0.25, -0.2) is 0 Å². The number of rotatable bonds is 4. The number of carboxylic acids is 1. The molecule has 3 aliphatic heterocycles. The minimum absolute atomic E-state index is 0.173. The molecule has 0 spiro atoms. The van der Waals surface area contributed by atoms with E-state index < -0.39 is 12.0 Å². The summed E-state index contributed by atoms with van der Waals surface area (Å²) in [6, 6.07) is 5.56. The summed E-state index contributed by atoms with van der Waals surface area (Å²) in [4.78, 5) is 27.7. The molecule has 4 rings (SSSR count). The Morgan fingerprint density at radius 3 is 2.52 bits per heavy atom. The largest absolute Gasteiger partial charge is 0.481 e. The Morgan fingerprint density at radius 2 is 1.83 bits per heavy atom. The van der Waals surface area contributed by atoms with Crippen molar-refractivity contribution >= 4 is 23.3 Å². The van der Waals surface area contributed by atoms with Crippen LogP contribution < -0.4 is 15.5 Å². The topological polar surface area (TPSA) is 84.9 Å². The second-order valence-electron chi connectivity index (χ2n) is 8.74. The molecule has 0 saturated carbocycles. The van der Waals surface area contributed by atoms with Gasteiger partial charge in [0.1, 0.15) is 6.04 Å². The van der Waals surface area contributed by atoms with Crippen molar-refractivity contribution in [3.8, 4) is 0 Å². The van der Waals surface area contributed by atoms with Crippen LogP contribution in [0.1, 0.15) is 37.7 Å². The normalized spacial score (nSPS) is 24.0. The lowest BCUT2D eigenvalue weighted by molar-refractivity contribution is -0.141. The Bertz CT molecular complexity index is 754. The van der Waals surface area contributed by atoms with E-state index in [2.05, 4.69) is 27.7 Å². The lowest BCUT2D eigenvalue weighted by Gasteiger charge is -2.39. The van der Waals surface area contributed by atoms with E-state index in [0.717, 1.165) is 49.3 Å². The number of carbonyl (C=O) groups is 2. The van der Waals surface area contributed by atoms with Gasteiger partial charge in [0.05, 0.1) is 6.42 Å². The molecule has 0 radical (unpaired) electrons. The monoisotopic (exact) mass is 400 g/mol. The summed E-state index contributed by atoms with van der Waals surface area (Å²) in [5.41, 5.74) is 3.11. The molecule has 7 heteroatoms. The van der Waals surface area contributed by atoms with Gasteiger partial charge in [0, 0.05) is 38.1 Å². The maximum atomic E-state index is 12.5. The molecule has 0 aromatic heterocycles. The van der Waals surface area contributed by atoms with E-state index in [4.69, 9.17) is 5.11 Å². The Kier molecular flexibility index (Phi) is 5.94. The van der Waals surface area contributed by atoms with Gasteiger partial charge in [-0.05, 0) is 74.4 Å². The van der Waals surface area contributed by atoms with Crippen molar-refractivity contribution in [2.24, 2.45) is 11.8 Å². The molecule has 29 heavy (non-hydrogen) atoms. The standard InChI is InChI=1S/C22H32N4O3/c1-25-14-17-12-18(2-3-19(17)24-20(22(25)29)13-21(27)28)26-10-6-16(7-11-26)15-4-8-23-9-5-15/h2-3,12,15-16,20,23-24H,4-11,13-14H2,1H3,(H,27,28)/t20-/m1/s1. The highest BCUT2D eigenvalue weighted by molar-refractivity contribution is 5.90. The molecule has 3 aliphatic rings. The van der Waals surface area contributed by atoms with Crippen molar-refractivity contribution < 1.29 is 14.7 Å². The average Bonchev–Trinajstić information content (AvgIpc) is 2.84. The molecule has 1 aromatic carbocycles. The third kappa shape index (κ3) is 4.50. The van der Waals surface area contributed by atoms with Crippen molar-refractivity contribution in [1.82, 2.24) is 10.2 Å². The number of benzene rings is 1. The van der Waals surface area contributed by atoms with Crippen molar-refractivity contribution in [1.29, 1.82) is 0 Å². The van der Waals surface area contributed by atoms with Crippen LogP contribution in [0.4, 0.5) is 11.4 Å². The first-order chi connectivity index (χ1) is 14.0. The molecule has 158 valence electrons. The van der Waals surface area contributed by atoms with Gasteiger partial charge in [0.15, 0.2) is 0 Å². The van der Waals surface area contributed by atoms with Gasteiger partial charge in [-0.3, -0.25) is 9.59 Å².